The van der Waals surface area contributed by atoms with Crippen molar-refractivity contribution in [3.05, 3.63) is 63.9 Å². The highest BCUT2D eigenvalue weighted by Gasteiger charge is 2.38. The summed E-state index contributed by atoms with van der Waals surface area (Å²) in [5.41, 5.74) is 2.46. The Labute approximate surface area is 214 Å². The molecular formula is C25H27Cl2N5O3. The van der Waals surface area contributed by atoms with Gasteiger partial charge >= 0.3 is 0 Å². The van der Waals surface area contributed by atoms with E-state index < -0.39 is 0 Å². The number of hydrogen-bond donors (Lipinski definition) is 2. The summed E-state index contributed by atoms with van der Waals surface area (Å²) in [5, 5.41) is 11.2. The summed E-state index contributed by atoms with van der Waals surface area (Å²) in [5.74, 6) is 0.00414. The molecule has 0 spiro atoms. The monoisotopic (exact) mass is 515 g/mol. The smallest absolute Gasteiger partial charge is 0.274 e. The lowest BCUT2D eigenvalue weighted by Gasteiger charge is -2.40. The molecule has 0 bridgehead atoms. The van der Waals surface area contributed by atoms with Gasteiger partial charge < -0.3 is 15.0 Å². The zero-order chi connectivity index (χ0) is 25.1. The van der Waals surface area contributed by atoms with E-state index in [9.17, 15) is 9.59 Å². The van der Waals surface area contributed by atoms with Crippen molar-refractivity contribution >= 4 is 35.0 Å². The molecule has 3 aromatic rings. The summed E-state index contributed by atoms with van der Waals surface area (Å²) >= 11 is 12.3. The third-order valence-corrected chi connectivity index (χ3v) is 6.91. The quantitative estimate of drug-likeness (QED) is 0.499. The summed E-state index contributed by atoms with van der Waals surface area (Å²) in [4.78, 5) is 32.0. The van der Waals surface area contributed by atoms with Crippen molar-refractivity contribution < 1.29 is 14.3 Å². The maximum absolute atomic E-state index is 13.3. The lowest BCUT2D eigenvalue weighted by Crippen LogP contribution is -2.51. The van der Waals surface area contributed by atoms with Crippen LogP contribution in [0.4, 0.5) is 0 Å². The minimum Gasteiger partial charge on any atom is -0.481 e. The van der Waals surface area contributed by atoms with Gasteiger partial charge in [-0.2, -0.15) is 5.10 Å². The molecule has 2 aromatic heterocycles. The van der Waals surface area contributed by atoms with E-state index in [1.54, 1.807) is 23.1 Å². The Morgan fingerprint density at radius 3 is 2.77 bits per heavy atom. The van der Waals surface area contributed by atoms with E-state index in [4.69, 9.17) is 27.9 Å². The van der Waals surface area contributed by atoms with Crippen LogP contribution >= 0.6 is 23.2 Å². The highest BCUT2D eigenvalue weighted by molar-refractivity contribution is 6.33. The van der Waals surface area contributed by atoms with E-state index in [-0.39, 0.29) is 35.4 Å². The predicted octanol–water partition coefficient (Wildman–Crippen LogP) is 4.59. The van der Waals surface area contributed by atoms with Crippen LogP contribution in [0.5, 0.6) is 5.88 Å². The molecule has 1 aromatic carbocycles. The molecule has 3 atom stereocenters. The second kappa shape index (κ2) is 10.7. The van der Waals surface area contributed by atoms with Gasteiger partial charge in [-0.1, -0.05) is 42.3 Å². The van der Waals surface area contributed by atoms with Gasteiger partial charge in [-0.3, -0.25) is 14.7 Å². The van der Waals surface area contributed by atoms with E-state index in [1.807, 2.05) is 32.0 Å². The molecule has 0 saturated carbocycles. The zero-order valence-electron chi connectivity index (χ0n) is 19.7. The summed E-state index contributed by atoms with van der Waals surface area (Å²) in [6, 6.07) is 10.7. The number of amides is 2. The number of ether oxygens (including phenoxy) is 1. The van der Waals surface area contributed by atoms with E-state index in [1.165, 1.54) is 13.3 Å². The number of piperidine rings is 1. The number of nitrogens with one attached hydrogen (secondary N) is 2. The minimum absolute atomic E-state index is 0.00757. The van der Waals surface area contributed by atoms with Crippen LogP contribution in [-0.4, -0.2) is 51.6 Å². The molecule has 8 nitrogen and oxygen atoms in total. The minimum atomic E-state index is -0.193. The molecule has 2 N–H and O–H groups in total. The van der Waals surface area contributed by atoms with E-state index >= 15 is 0 Å². The SMILES string of the molecule is COc1cc(-c2cc(C(=O)N3C[C@@H](C)C(C(=O)NCc4cccc(Cl)c4)C[C@@H]3C)n[nH]2)c(Cl)cn1. The van der Waals surface area contributed by atoms with Gasteiger partial charge in [0.1, 0.15) is 0 Å². The van der Waals surface area contributed by atoms with Crippen molar-refractivity contribution in [3.63, 3.8) is 0 Å². The Morgan fingerprint density at radius 2 is 2.03 bits per heavy atom. The molecule has 0 aliphatic carbocycles. The molecule has 10 heteroatoms. The van der Waals surface area contributed by atoms with Crippen molar-refractivity contribution in [1.82, 2.24) is 25.4 Å². The molecular weight excluding hydrogens is 489 g/mol. The summed E-state index contributed by atoms with van der Waals surface area (Å²) < 4.78 is 5.17. The highest BCUT2D eigenvalue weighted by atomic mass is 35.5. The number of nitrogens with zero attached hydrogens (tertiary/aromatic N) is 3. The molecule has 184 valence electrons. The van der Waals surface area contributed by atoms with Crippen molar-refractivity contribution in [2.24, 2.45) is 11.8 Å². The molecule has 1 fully saturated rings. The first-order chi connectivity index (χ1) is 16.8. The van der Waals surface area contributed by atoms with E-state index in [0.29, 0.717) is 46.7 Å². The average Bonchev–Trinajstić information content (AvgIpc) is 3.34. The lowest BCUT2D eigenvalue weighted by atomic mass is 9.82. The van der Waals surface area contributed by atoms with Crippen LogP contribution in [-0.2, 0) is 11.3 Å². The van der Waals surface area contributed by atoms with Crippen molar-refractivity contribution in [2.75, 3.05) is 13.7 Å². The number of aromatic amines is 1. The van der Waals surface area contributed by atoms with E-state index in [2.05, 4.69) is 20.5 Å². The van der Waals surface area contributed by atoms with Crippen LogP contribution in [0.25, 0.3) is 11.3 Å². The summed E-state index contributed by atoms with van der Waals surface area (Å²) in [7, 11) is 1.52. The first-order valence-corrected chi connectivity index (χ1v) is 12.1. The topological polar surface area (TPSA) is 100 Å². The molecule has 4 rings (SSSR count). The van der Waals surface area contributed by atoms with Gasteiger partial charge in [0.05, 0.1) is 24.0 Å². The number of rotatable bonds is 6. The van der Waals surface area contributed by atoms with Crippen molar-refractivity contribution in [3.8, 4) is 17.1 Å². The standard InChI is InChI=1S/C25H27Cl2N5O3/c1-14-13-32(15(2)7-18(14)24(33)29-11-16-5-4-6-17(26)8-16)25(34)22-10-21(30-31-22)19-9-23(35-3)28-12-20(19)27/h4-6,8-10,12,14-15,18H,7,11,13H2,1-3H3,(H,29,33)(H,30,31)/t14-,15+,18?/m1/s1. The number of carbonyl (C=O) groups is 2. The van der Waals surface area contributed by atoms with Crippen LogP contribution in [0, 0.1) is 11.8 Å². The molecule has 1 aliphatic rings. The second-order valence-corrected chi connectivity index (χ2v) is 9.69. The third kappa shape index (κ3) is 5.60. The molecule has 1 saturated heterocycles. The number of aromatic nitrogens is 3. The van der Waals surface area contributed by atoms with Gasteiger partial charge in [-0.05, 0) is 43.0 Å². The number of pyridine rings is 1. The fourth-order valence-electron chi connectivity index (χ4n) is 4.41. The number of carbonyl (C=O) groups excluding carboxylic acids is 2. The van der Waals surface area contributed by atoms with Crippen LogP contribution < -0.4 is 10.1 Å². The van der Waals surface area contributed by atoms with Crippen LogP contribution in [0.15, 0.2) is 42.6 Å². The highest BCUT2D eigenvalue weighted by Crippen LogP contribution is 2.31. The Morgan fingerprint density at radius 1 is 1.23 bits per heavy atom. The molecule has 35 heavy (non-hydrogen) atoms. The summed E-state index contributed by atoms with van der Waals surface area (Å²) in [6.07, 6.45) is 2.06. The number of benzene rings is 1. The number of methoxy groups -OCH3 is 1. The summed E-state index contributed by atoms with van der Waals surface area (Å²) in [6.45, 7) is 4.83. The number of halogens is 2. The molecule has 3 heterocycles. The zero-order valence-corrected chi connectivity index (χ0v) is 21.2. The first-order valence-electron chi connectivity index (χ1n) is 11.3. The van der Waals surface area contributed by atoms with Crippen LogP contribution in [0.1, 0.15) is 36.3 Å². The molecule has 2 amide bonds. The Bertz CT molecular complexity index is 1230. The molecule has 0 radical (unpaired) electrons. The van der Waals surface area contributed by atoms with Crippen LogP contribution in [0.2, 0.25) is 10.0 Å². The fraction of sp³-hybridized carbons (Fsp3) is 0.360. The normalized spacial score (nSPS) is 19.9. The average molecular weight is 516 g/mol. The maximum Gasteiger partial charge on any atom is 0.274 e. The van der Waals surface area contributed by atoms with Gasteiger partial charge in [-0.25, -0.2) is 4.98 Å². The van der Waals surface area contributed by atoms with Crippen molar-refractivity contribution in [1.29, 1.82) is 0 Å². The second-order valence-electron chi connectivity index (χ2n) is 8.85. The first kappa shape index (κ1) is 25.0. The lowest BCUT2D eigenvalue weighted by molar-refractivity contribution is -0.129. The van der Waals surface area contributed by atoms with Gasteiger partial charge in [0.25, 0.3) is 5.91 Å². The predicted molar refractivity (Wildman–Crippen MR) is 134 cm³/mol. The molecule has 1 unspecified atom stereocenters. The van der Waals surface area contributed by atoms with Crippen LogP contribution in [0.3, 0.4) is 0 Å². The van der Waals surface area contributed by atoms with E-state index in [0.717, 1.165) is 5.56 Å². The van der Waals surface area contributed by atoms with Gasteiger partial charge in [0, 0.05) is 41.7 Å². The Kier molecular flexibility index (Phi) is 7.62. The van der Waals surface area contributed by atoms with Gasteiger partial charge in [-0.15, -0.1) is 0 Å². The third-order valence-electron chi connectivity index (χ3n) is 6.38. The number of hydrogen-bond acceptors (Lipinski definition) is 5. The Balaban J connectivity index is 1.41. The largest absolute Gasteiger partial charge is 0.481 e. The van der Waals surface area contributed by atoms with Gasteiger partial charge in [0.15, 0.2) is 5.69 Å². The Hall–Kier alpha value is -3.10. The van der Waals surface area contributed by atoms with Crippen molar-refractivity contribution in [2.45, 2.75) is 32.9 Å². The number of likely N-dealkylation sites (tertiary alicyclic amines) is 1. The van der Waals surface area contributed by atoms with Gasteiger partial charge in [0.2, 0.25) is 11.8 Å². The molecule has 1 aliphatic heterocycles. The number of H-pyrrole nitrogens is 1. The maximum atomic E-state index is 13.3. The fourth-order valence-corrected chi connectivity index (χ4v) is 4.83.